The number of rotatable bonds is 14. The maximum atomic E-state index is 13.0. The number of benzene rings is 4. The monoisotopic (exact) mass is 1040 g/mol. The molecule has 2 heterocycles. The van der Waals surface area contributed by atoms with Crippen molar-refractivity contribution < 1.29 is 28.7 Å². The quantitative estimate of drug-likeness (QED) is 0.0613. The number of ketones is 2. The standard InChI is InChI=1S/C23H19Br2N3O3.C23H19BrClN3O3/c1-13(26)14-3-5-15(6-4-14)20(29)11-18-19(9-17(25)10-21(18)31-2)23(30)28-22-8-7-16(24)12-27-22;1-13(26)14-3-5-15(6-4-14)20(29)11-18-19(9-16(24)10-21(18)31-2)23(30)28-22-8-7-17(25)12-27-22/h2*3-10,12,26H,11H2,1-2H3,(H,27,28,30). The Hall–Kier alpha value is -5.87. The highest BCUT2D eigenvalue weighted by Gasteiger charge is 2.23. The van der Waals surface area contributed by atoms with Gasteiger partial charge in [-0.15, -0.1) is 0 Å². The summed E-state index contributed by atoms with van der Waals surface area (Å²) < 4.78 is 13.0. The molecule has 6 rings (SSSR count). The lowest BCUT2D eigenvalue weighted by atomic mass is 9.96. The number of hydrogen-bond acceptors (Lipinski definition) is 10. The van der Waals surface area contributed by atoms with E-state index in [0.29, 0.717) is 81.9 Å². The molecule has 0 atom stereocenters. The maximum absolute atomic E-state index is 13.0. The Bertz CT molecular complexity index is 2480. The minimum Gasteiger partial charge on any atom is -0.496 e. The van der Waals surface area contributed by atoms with Gasteiger partial charge in [-0.1, -0.05) is 92.0 Å². The Balaban J connectivity index is 0.000000234. The summed E-state index contributed by atoms with van der Waals surface area (Å²) in [7, 11) is 2.98. The molecule has 316 valence electrons. The molecule has 0 aliphatic rings. The molecule has 0 saturated heterocycles. The first-order valence-electron chi connectivity index (χ1n) is 18.5. The average Bonchev–Trinajstić information content (AvgIpc) is 3.26. The smallest absolute Gasteiger partial charge is 0.257 e. The Kier molecular flexibility index (Phi) is 16.6. The van der Waals surface area contributed by atoms with E-state index in [-0.39, 0.29) is 24.4 Å². The number of carbonyl (C=O) groups excluding carboxylic acids is 4. The third kappa shape index (κ3) is 12.6. The number of Topliss-reactive ketones (excluding diaryl/α,β-unsaturated/α-hetero) is 2. The van der Waals surface area contributed by atoms with Crippen LogP contribution >= 0.6 is 59.4 Å². The lowest BCUT2D eigenvalue weighted by Gasteiger charge is -2.15. The molecular weight excluding hydrogens is 1010 g/mol. The van der Waals surface area contributed by atoms with Gasteiger partial charge in [0.15, 0.2) is 11.6 Å². The fraction of sp³-hybridized carbons (Fsp3) is 0.130. The average molecular weight is 1050 g/mol. The number of carbonyl (C=O) groups is 4. The van der Waals surface area contributed by atoms with Crippen molar-refractivity contribution in [3.8, 4) is 11.5 Å². The van der Waals surface area contributed by atoms with Crippen molar-refractivity contribution in [1.29, 1.82) is 10.8 Å². The fourth-order valence-corrected chi connectivity index (χ4v) is 7.18. The summed E-state index contributed by atoms with van der Waals surface area (Å²) in [5.41, 5.74) is 4.88. The second-order valence-electron chi connectivity index (χ2n) is 13.5. The van der Waals surface area contributed by atoms with Crippen molar-refractivity contribution in [1.82, 2.24) is 9.97 Å². The third-order valence-electron chi connectivity index (χ3n) is 9.17. The summed E-state index contributed by atoms with van der Waals surface area (Å²) in [6.45, 7) is 3.37. The van der Waals surface area contributed by atoms with Crippen LogP contribution in [0, 0.1) is 10.8 Å². The SMILES string of the molecule is COc1cc(Br)cc(C(=O)Nc2ccc(Br)cn2)c1CC(=O)c1ccc(C(C)=N)cc1.COc1cc(Br)cc(C(=O)Nc2ccc(Cl)cn2)c1CC(=O)c1ccc(C(C)=N)cc1. The number of ether oxygens (including phenoxy) is 2. The van der Waals surface area contributed by atoms with Crippen LogP contribution in [0.2, 0.25) is 5.02 Å². The summed E-state index contributed by atoms with van der Waals surface area (Å²) in [5, 5.41) is 21.3. The molecule has 4 aromatic carbocycles. The van der Waals surface area contributed by atoms with Gasteiger partial charge in [0.2, 0.25) is 0 Å². The number of anilines is 2. The molecule has 12 nitrogen and oxygen atoms in total. The van der Waals surface area contributed by atoms with Crippen LogP contribution in [0.3, 0.4) is 0 Å². The van der Waals surface area contributed by atoms with E-state index in [9.17, 15) is 19.2 Å². The van der Waals surface area contributed by atoms with E-state index in [1.807, 2.05) is 0 Å². The molecular formula is C46H38Br3ClN6O6. The van der Waals surface area contributed by atoms with Crippen LogP contribution in [0.4, 0.5) is 11.6 Å². The minimum absolute atomic E-state index is 0.0180. The van der Waals surface area contributed by atoms with Crippen LogP contribution in [0.5, 0.6) is 11.5 Å². The highest BCUT2D eigenvalue weighted by molar-refractivity contribution is 9.11. The van der Waals surface area contributed by atoms with Crippen LogP contribution in [0.25, 0.3) is 0 Å². The van der Waals surface area contributed by atoms with Crippen molar-refractivity contribution in [3.63, 3.8) is 0 Å². The molecule has 16 heteroatoms. The summed E-state index contributed by atoms with van der Waals surface area (Å²) in [4.78, 5) is 60.1. The second kappa shape index (κ2) is 21.8. The fourth-order valence-electron chi connectivity index (χ4n) is 5.96. The molecule has 0 unspecified atom stereocenters. The van der Waals surface area contributed by atoms with Gasteiger partial charge in [-0.05, 0) is 89.4 Å². The second-order valence-corrected chi connectivity index (χ2v) is 16.7. The summed E-state index contributed by atoms with van der Waals surface area (Å²) >= 11 is 15.9. The van der Waals surface area contributed by atoms with Gasteiger partial charge >= 0.3 is 0 Å². The Morgan fingerprint density at radius 3 is 1.29 bits per heavy atom. The molecule has 6 aromatic rings. The van der Waals surface area contributed by atoms with E-state index in [4.69, 9.17) is 31.9 Å². The van der Waals surface area contributed by atoms with Crippen molar-refractivity contribution in [2.45, 2.75) is 26.7 Å². The largest absolute Gasteiger partial charge is 0.496 e. The Labute approximate surface area is 388 Å². The number of hydrogen-bond donors (Lipinski definition) is 4. The van der Waals surface area contributed by atoms with Crippen LogP contribution in [0.15, 0.2) is 123 Å². The molecule has 2 amide bonds. The molecule has 2 aromatic heterocycles. The topological polar surface area (TPSA) is 184 Å². The van der Waals surface area contributed by atoms with E-state index >= 15 is 0 Å². The maximum Gasteiger partial charge on any atom is 0.257 e. The van der Waals surface area contributed by atoms with Crippen molar-refractivity contribution >= 4 is 106 Å². The van der Waals surface area contributed by atoms with E-state index in [1.165, 1.54) is 20.4 Å². The summed E-state index contributed by atoms with van der Waals surface area (Å²) in [6.07, 6.45) is 2.97. The van der Waals surface area contributed by atoms with Gasteiger partial charge in [0.1, 0.15) is 23.1 Å². The van der Waals surface area contributed by atoms with Gasteiger partial charge in [0.05, 0.1) is 19.2 Å². The number of halogens is 4. The number of amides is 2. The van der Waals surface area contributed by atoms with Crippen molar-refractivity contribution in [2.75, 3.05) is 24.9 Å². The third-order valence-corrected chi connectivity index (χ3v) is 10.8. The first-order valence-corrected chi connectivity index (χ1v) is 21.3. The molecule has 0 bridgehead atoms. The minimum atomic E-state index is -0.424. The molecule has 0 radical (unpaired) electrons. The number of aromatic nitrogens is 2. The molecule has 0 fully saturated rings. The lowest BCUT2D eigenvalue weighted by molar-refractivity contribution is 0.0979. The number of nitrogens with one attached hydrogen (secondary N) is 4. The zero-order valence-electron chi connectivity index (χ0n) is 33.7. The van der Waals surface area contributed by atoms with Gasteiger partial charge < -0.3 is 30.9 Å². The number of pyridine rings is 2. The van der Waals surface area contributed by atoms with E-state index in [2.05, 4.69) is 68.4 Å². The first-order chi connectivity index (χ1) is 29.6. The van der Waals surface area contributed by atoms with Gasteiger partial charge in [-0.3, -0.25) is 19.2 Å². The van der Waals surface area contributed by atoms with E-state index < -0.39 is 11.8 Å². The summed E-state index contributed by atoms with van der Waals surface area (Å²) in [6, 6.07) is 27.0. The molecule has 0 spiro atoms. The molecule has 0 aliphatic heterocycles. The van der Waals surface area contributed by atoms with Crippen LogP contribution < -0.4 is 20.1 Å². The predicted octanol–water partition coefficient (Wildman–Crippen LogP) is 11.3. The molecule has 0 aliphatic carbocycles. The van der Waals surface area contributed by atoms with Gasteiger partial charge in [-0.2, -0.15) is 0 Å². The lowest BCUT2D eigenvalue weighted by Crippen LogP contribution is -2.17. The van der Waals surface area contributed by atoms with E-state index in [0.717, 1.165) is 15.6 Å². The zero-order chi connectivity index (χ0) is 45.1. The van der Waals surface area contributed by atoms with Crippen molar-refractivity contribution in [2.24, 2.45) is 0 Å². The number of nitrogens with zero attached hydrogens (tertiary/aromatic N) is 2. The van der Waals surface area contributed by atoms with E-state index in [1.54, 1.807) is 117 Å². The predicted molar refractivity (Wildman–Crippen MR) is 252 cm³/mol. The zero-order valence-corrected chi connectivity index (χ0v) is 39.2. The van der Waals surface area contributed by atoms with Gasteiger partial charge in [0, 0.05) is 83.5 Å². The Morgan fingerprint density at radius 2 is 0.952 bits per heavy atom. The highest BCUT2D eigenvalue weighted by Crippen LogP contribution is 2.31. The molecule has 4 N–H and O–H groups in total. The van der Waals surface area contributed by atoms with Crippen molar-refractivity contribution in [3.05, 3.63) is 172 Å². The Morgan fingerprint density at radius 1 is 0.565 bits per heavy atom. The summed E-state index contributed by atoms with van der Waals surface area (Å²) in [5.74, 6) is 0.427. The molecule has 62 heavy (non-hydrogen) atoms. The van der Waals surface area contributed by atoms with Crippen LogP contribution in [-0.4, -0.2) is 59.0 Å². The normalized spacial score (nSPS) is 10.5. The first kappa shape index (κ1) is 47.2. The molecule has 0 saturated carbocycles. The highest BCUT2D eigenvalue weighted by atomic mass is 79.9. The van der Waals surface area contributed by atoms with Gasteiger partial charge in [0.25, 0.3) is 11.8 Å². The van der Waals surface area contributed by atoms with Crippen LogP contribution in [-0.2, 0) is 12.8 Å². The van der Waals surface area contributed by atoms with Crippen LogP contribution in [0.1, 0.15) is 77.5 Å². The number of methoxy groups -OCH3 is 2. The van der Waals surface area contributed by atoms with Gasteiger partial charge in [-0.25, -0.2) is 9.97 Å².